The van der Waals surface area contributed by atoms with E-state index in [1.807, 2.05) is 20.9 Å². The number of aromatic nitrogens is 2. The Morgan fingerprint density at radius 2 is 1.83 bits per heavy atom. The monoisotopic (exact) mass is 316 g/mol. The minimum absolute atomic E-state index is 0.349. The standard InChI is InChI=1S/C16H20N4O3/c1-10-15(11(2)20(3)19-10)9-17-18-16(21)12-6-13(22-4)8-14(7-12)23-5/h6-9H,1-5H3,(H,18,21)/b17-9-. The van der Waals surface area contributed by atoms with Gasteiger partial charge < -0.3 is 9.47 Å². The SMILES string of the molecule is COc1cc(OC)cc(C(=O)N/N=C\c2c(C)nn(C)c2C)c1. The number of aryl methyl sites for hydroxylation is 2. The van der Waals surface area contributed by atoms with Gasteiger partial charge in [-0.3, -0.25) is 9.48 Å². The summed E-state index contributed by atoms with van der Waals surface area (Å²) in [7, 11) is 4.92. The van der Waals surface area contributed by atoms with E-state index in [0.717, 1.165) is 17.0 Å². The van der Waals surface area contributed by atoms with E-state index in [9.17, 15) is 4.79 Å². The summed E-state index contributed by atoms with van der Waals surface area (Å²) in [4.78, 5) is 12.2. The number of methoxy groups -OCH3 is 2. The van der Waals surface area contributed by atoms with Gasteiger partial charge in [0.15, 0.2) is 0 Å². The minimum Gasteiger partial charge on any atom is -0.497 e. The van der Waals surface area contributed by atoms with E-state index >= 15 is 0 Å². The average molecular weight is 316 g/mol. The Bertz CT molecular complexity index is 728. The van der Waals surface area contributed by atoms with Gasteiger partial charge in [0.05, 0.1) is 26.1 Å². The number of nitrogens with zero attached hydrogens (tertiary/aromatic N) is 3. The van der Waals surface area contributed by atoms with Crippen molar-refractivity contribution in [2.24, 2.45) is 12.1 Å². The van der Waals surface area contributed by atoms with Crippen molar-refractivity contribution in [2.75, 3.05) is 14.2 Å². The zero-order chi connectivity index (χ0) is 17.0. The van der Waals surface area contributed by atoms with Crippen LogP contribution in [0.3, 0.4) is 0 Å². The van der Waals surface area contributed by atoms with Crippen LogP contribution < -0.4 is 14.9 Å². The first-order chi connectivity index (χ1) is 11.0. The maximum atomic E-state index is 12.2. The lowest BCUT2D eigenvalue weighted by Gasteiger charge is -2.07. The molecule has 2 rings (SSSR count). The number of hydrogen-bond acceptors (Lipinski definition) is 5. The van der Waals surface area contributed by atoms with Crippen molar-refractivity contribution in [3.63, 3.8) is 0 Å². The van der Waals surface area contributed by atoms with E-state index < -0.39 is 0 Å². The Hall–Kier alpha value is -2.83. The van der Waals surface area contributed by atoms with Gasteiger partial charge in [0.1, 0.15) is 11.5 Å². The molecular formula is C16H20N4O3. The normalized spacial score (nSPS) is 10.8. The number of carbonyl (C=O) groups is 1. The van der Waals surface area contributed by atoms with E-state index in [1.54, 1.807) is 29.1 Å². The predicted octanol–water partition coefficient (Wildman–Crippen LogP) is 1.82. The third kappa shape index (κ3) is 3.68. The molecule has 7 nitrogen and oxygen atoms in total. The fourth-order valence-electron chi connectivity index (χ4n) is 2.14. The Kier molecular flexibility index (Phi) is 5.00. The molecule has 0 saturated heterocycles. The van der Waals surface area contributed by atoms with Crippen molar-refractivity contribution in [1.82, 2.24) is 15.2 Å². The van der Waals surface area contributed by atoms with E-state index in [4.69, 9.17) is 9.47 Å². The van der Waals surface area contributed by atoms with Crippen LogP contribution in [0.2, 0.25) is 0 Å². The van der Waals surface area contributed by atoms with Crippen LogP contribution in [0.25, 0.3) is 0 Å². The molecule has 0 atom stereocenters. The molecule has 7 heteroatoms. The second kappa shape index (κ2) is 6.95. The van der Waals surface area contributed by atoms with Gasteiger partial charge in [-0.05, 0) is 26.0 Å². The summed E-state index contributed by atoms with van der Waals surface area (Å²) >= 11 is 0. The smallest absolute Gasteiger partial charge is 0.271 e. The largest absolute Gasteiger partial charge is 0.497 e. The number of rotatable bonds is 5. The van der Waals surface area contributed by atoms with E-state index in [1.165, 1.54) is 14.2 Å². The third-order valence-electron chi connectivity index (χ3n) is 3.54. The van der Waals surface area contributed by atoms with Crippen LogP contribution in [-0.2, 0) is 7.05 Å². The first-order valence-electron chi connectivity index (χ1n) is 7.03. The number of ether oxygens (including phenoxy) is 2. The first-order valence-corrected chi connectivity index (χ1v) is 7.03. The highest BCUT2D eigenvalue weighted by Gasteiger charge is 2.10. The van der Waals surface area contributed by atoms with Crippen molar-refractivity contribution in [1.29, 1.82) is 0 Å². The second-order valence-electron chi connectivity index (χ2n) is 5.01. The van der Waals surface area contributed by atoms with Crippen LogP contribution in [0.15, 0.2) is 23.3 Å². The van der Waals surface area contributed by atoms with Gasteiger partial charge in [0.25, 0.3) is 5.91 Å². The highest BCUT2D eigenvalue weighted by atomic mass is 16.5. The van der Waals surface area contributed by atoms with Gasteiger partial charge >= 0.3 is 0 Å². The number of hydrogen-bond donors (Lipinski definition) is 1. The molecule has 23 heavy (non-hydrogen) atoms. The van der Waals surface area contributed by atoms with Crippen LogP contribution in [0.4, 0.5) is 0 Å². The van der Waals surface area contributed by atoms with Crippen molar-refractivity contribution < 1.29 is 14.3 Å². The van der Waals surface area contributed by atoms with E-state index in [-0.39, 0.29) is 5.91 Å². The maximum absolute atomic E-state index is 12.2. The van der Waals surface area contributed by atoms with E-state index in [2.05, 4.69) is 15.6 Å². The molecule has 0 saturated carbocycles. The fourth-order valence-corrected chi connectivity index (χ4v) is 2.14. The molecular weight excluding hydrogens is 296 g/mol. The third-order valence-corrected chi connectivity index (χ3v) is 3.54. The summed E-state index contributed by atoms with van der Waals surface area (Å²) in [5.41, 5.74) is 5.61. The quantitative estimate of drug-likeness (QED) is 0.674. The Morgan fingerprint density at radius 3 is 2.30 bits per heavy atom. The molecule has 1 amide bonds. The summed E-state index contributed by atoms with van der Waals surface area (Å²) in [6.45, 7) is 3.83. The molecule has 0 bridgehead atoms. The van der Waals surface area contributed by atoms with Gasteiger partial charge in [-0.1, -0.05) is 0 Å². The van der Waals surface area contributed by atoms with Crippen LogP contribution in [0, 0.1) is 13.8 Å². The molecule has 2 aromatic rings. The summed E-state index contributed by atoms with van der Waals surface area (Å²) in [5, 5.41) is 8.30. The molecule has 0 fully saturated rings. The Morgan fingerprint density at radius 1 is 1.22 bits per heavy atom. The highest BCUT2D eigenvalue weighted by Crippen LogP contribution is 2.22. The summed E-state index contributed by atoms with van der Waals surface area (Å²) in [6, 6.07) is 4.93. The lowest BCUT2D eigenvalue weighted by atomic mass is 10.2. The lowest BCUT2D eigenvalue weighted by Crippen LogP contribution is -2.17. The van der Waals surface area contributed by atoms with E-state index in [0.29, 0.717) is 17.1 Å². The minimum atomic E-state index is -0.349. The van der Waals surface area contributed by atoms with Crippen molar-refractivity contribution in [3.8, 4) is 11.5 Å². The zero-order valence-electron chi connectivity index (χ0n) is 13.9. The number of nitrogens with one attached hydrogen (secondary N) is 1. The van der Waals surface area contributed by atoms with Crippen LogP contribution >= 0.6 is 0 Å². The number of benzene rings is 1. The van der Waals surface area contributed by atoms with Gasteiger partial charge in [0, 0.05) is 29.9 Å². The number of hydrazone groups is 1. The second-order valence-corrected chi connectivity index (χ2v) is 5.01. The predicted molar refractivity (Wildman–Crippen MR) is 87.3 cm³/mol. The van der Waals surface area contributed by atoms with Gasteiger partial charge in [-0.15, -0.1) is 0 Å². The summed E-state index contributed by atoms with van der Waals surface area (Å²) < 4.78 is 12.1. The molecule has 0 unspecified atom stereocenters. The first kappa shape index (κ1) is 16.5. The van der Waals surface area contributed by atoms with Crippen LogP contribution in [0.1, 0.15) is 27.3 Å². The fraction of sp³-hybridized carbons (Fsp3) is 0.312. The Balaban J connectivity index is 2.15. The molecule has 122 valence electrons. The topological polar surface area (TPSA) is 77.7 Å². The molecule has 0 radical (unpaired) electrons. The molecule has 0 aliphatic carbocycles. The molecule has 0 spiro atoms. The van der Waals surface area contributed by atoms with Crippen molar-refractivity contribution in [2.45, 2.75) is 13.8 Å². The molecule has 0 aliphatic heterocycles. The van der Waals surface area contributed by atoms with Crippen molar-refractivity contribution >= 4 is 12.1 Å². The molecule has 1 heterocycles. The van der Waals surface area contributed by atoms with Gasteiger partial charge in [-0.25, -0.2) is 5.43 Å². The lowest BCUT2D eigenvalue weighted by molar-refractivity contribution is 0.0954. The van der Waals surface area contributed by atoms with Gasteiger partial charge in [0.2, 0.25) is 0 Å². The molecule has 0 aliphatic rings. The van der Waals surface area contributed by atoms with Gasteiger partial charge in [-0.2, -0.15) is 10.2 Å². The maximum Gasteiger partial charge on any atom is 0.271 e. The molecule has 1 N–H and O–H groups in total. The average Bonchev–Trinajstić information content (AvgIpc) is 2.80. The number of carbonyl (C=O) groups excluding carboxylic acids is 1. The zero-order valence-corrected chi connectivity index (χ0v) is 13.9. The van der Waals surface area contributed by atoms with Crippen LogP contribution in [-0.4, -0.2) is 36.1 Å². The van der Waals surface area contributed by atoms with Crippen molar-refractivity contribution in [3.05, 3.63) is 40.7 Å². The summed E-state index contributed by atoms with van der Waals surface area (Å²) in [5.74, 6) is 0.729. The summed E-state index contributed by atoms with van der Waals surface area (Å²) in [6.07, 6.45) is 1.59. The highest BCUT2D eigenvalue weighted by molar-refractivity contribution is 5.95. The Labute approximate surface area is 134 Å². The number of amides is 1. The molecule has 1 aromatic carbocycles. The van der Waals surface area contributed by atoms with Crippen LogP contribution in [0.5, 0.6) is 11.5 Å². The molecule has 1 aromatic heterocycles.